The zero-order valence-corrected chi connectivity index (χ0v) is 12.3. The van der Waals surface area contributed by atoms with Crippen LogP contribution in [-0.4, -0.2) is 24.0 Å². The number of amides is 1. The van der Waals surface area contributed by atoms with E-state index in [0.29, 0.717) is 11.3 Å². The number of aryl methyl sites for hydroxylation is 1. The van der Waals surface area contributed by atoms with Crippen LogP contribution >= 0.6 is 11.6 Å². The van der Waals surface area contributed by atoms with E-state index in [-0.39, 0.29) is 10.8 Å². The van der Waals surface area contributed by atoms with Crippen LogP contribution in [-0.2, 0) is 4.74 Å². The zero-order chi connectivity index (χ0) is 15.4. The molecule has 108 valence electrons. The van der Waals surface area contributed by atoms with Gasteiger partial charge in [-0.15, -0.1) is 0 Å². The van der Waals surface area contributed by atoms with Gasteiger partial charge in [0.05, 0.1) is 12.7 Å². The molecule has 0 aliphatic carbocycles. The fourth-order valence-corrected chi connectivity index (χ4v) is 1.89. The summed E-state index contributed by atoms with van der Waals surface area (Å²) in [5, 5.41) is 2.94. The average Bonchev–Trinajstić information content (AvgIpc) is 2.48. The summed E-state index contributed by atoms with van der Waals surface area (Å²) in [7, 11) is 1.30. The van der Waals surface area contributed by atoms with Crippen molar-refractivity contribution in [3.05, 3.63) is 58.4 Å². The first kappa shape index (κ1) is 15.0. The Kier molecular flexibility index (Phi) is 4.55. The SMILES string of the molecule is COC(=O)c1ccc(C)c(NC(=O)c2cccc(Cl)n2)c1. The number of nitrogens with one attached hydrogen (secondary N) is 1. The molecular formula is C15H13ClN2O3. The van der Waals surface area contributed by atoms with Gasteiger partial charge in [0.1, 0.15) is 10.8 Å². The van der Waals surface area contributed by atoms with Gasteiger partial charge < -0.3 is 10.1 Å². The highest BCUT2D eigenvalue weighted by molar-refractivity contribution is 6.29. The van der Waals surface area contributed by atoms with Crippen molar-refractivity contribution in [3.63, 3.8) is 0 Å². The van der Waals surface area contributed by atoms with Gasteiger partial charge in [0.2, 0.25) is 0 Å². The molecule has 1 amide bonds. The molecule has 0 fully saturated rings. The lowest BCUT2D eigenvalue weighted by Gasteiger charge is -2.09. The summed E-state index contributed by atoms with van der Waals surface area (Å²) in [6.45, 7) is 1.82. The molecule has 5 nitrogen and oxygen atoms in total. The summed E-state index contributed by atoms with van der Waals surface area (Å²) in [6.07, 6.45) is 0. The Hall–Kier alpha value is -2.40. The summed E-state index contributed by atoms with van der Waals surface area (Å²) in [6, 6.07) is 9.70. The Morgan fingerprint density at radius 3 is 2.67 bits per heavy atom. The third-order valence-electron chi connectivity index (χ3n) is 2.85. The Labute approximate surface area is 126 Å². The Balaban J connectivity index is 2.26. The van der Waals surface area contributed by atoms with E-state index in [0.717, 1.165) is 5.56 Å². The van der Waals surface area contributed by atoms with Crippen molar-refractivity contribution >= 4 is 29.2 Å². The minimum absolute atomic E-state index is 0.199. The number of hydrogen-bond acceptors (Lipinski definition) is 4. The van der Waals surface area contributed by atoms with E-state index in [4.69, 9.17) is 11.6 Å². The predicted octanol–water partition coefficient (Wildman–Crippen LogP) is 3.08. The number of carbonyl (C=O) groups is 2. The molecular weight excluding hydrogens is 292 g/mol. The molecule has 0 aliphatic rings. The highest BCUT2D eigenvalue weighted by Gasteiger charge is 2.12. The van der Waals surface area contributed by atoms with Gasteiger partial charge >= 0.3 is 5.97 Å². The molecule has 0 saturated heterocycles. The van der Waals surface area contributed by atoms with Gasteiger partial charge in [0.25, 0.3) is 5.91 Å². The fourth-order valence-electron chi connectivity index (χ4n) is 1.72. The minimum Gasteiger partial charge on any atom is -0.465 e. The number of pyridine rings is 1. The summed E-state index contributed by atoms with van der Waals surface area (Å²) >= 11 is 5.76. The van der Waals surface area contributed by atoms with Crippen LogP contribution in [0.25, 0.3) is 0 Å². The van der Waals surface area contributed by atoms with Crippen LogP contribution < -0.4 is 5.32 Å². The second-order valence-electron chi connectivity index (χ2n) is 4.32. The zero-order valence-electron chi connectivity index (χ0n) is 11.5. The van der Waals surface area contributed by atoms with E-state index < -0.39 is 11.9 Å². The second kappa shape index (κ2) is 6.37. The Morgan fingerprint density at radius 2 is 2.00 bits per heavy atom. The third kappa shape index (κ3) is 3.58. The molecule has 1 aromatic carbocycles. The fraction of sp³-hybridized carbons (Fsp3) is 0.133. The Bertz CT molecular complexity index is 701. The van der Waals surface area contributed by atoms with E-state index in [1.54, 1.807) is 36.4 Å². The molecule has 1 N–H and O–H groups in total. The lowest BCUT2D eigenvalue weighted by molar-refractivity contribution is 0.0600. The normalized spacial score (nSPS) is 10.0. The van der Waals surface area contributed by atoms with Crippen molar-refractivity contribution in [2.75, 3.05) is 12.4 Å². The largest absolute Gasteiger partial charge is 0.465 e. The van der Waals surface area contributed by atoms with Crippen LogP contribution in [0.1, 0.15) is 26.4 Å². The lowest BCUT2D eigenvalue weighted by atomic mass is 10.1. The van der Waals surface area contributed by atoms with Crippen LogP contribution in [0.5, 0.6) is 0 Å². The van der Waals surface area contributed by atoms with Gasteiger partial charge in [-0.25, -0.2) is 9.78 Å². The van der Waals surface area contributed by atoms with Crippen molar-refractivity contribution in [2.45, 2.75) is 6.92 Å². The van der Waals surface area contributed by atoms with Crippen LogP contribution in [0, 0.1) is 6.92 Å². The molecule has 0 spiro atoms. The van der Waals surface area contributed by atoms with Crippen molar-refractivity contribution in [2.24, 2.45) is 0 Å². The first-order valence-electron chi connectivity index (χ1n) is 6.14. The predicted molar refractivity (Wildman–Crippen MR) is 79.7 cm³/mol. The van der Waals surface area contributed by atoms with Crippen molar-refractivity contribution in [3.8, 4) is 0 Å². The van der Waals surface area contributed by atoms with E-state index in [2.05, 4.69) is 15.0 Å². The molecule has 1 heterocycles. The summed E-state index contributed by atoms with van der Waals surface area (Å²) in [4.78, 5) is 27.6. The molecule has 0 aliphatic heterocycles. The maximum Gasteiger partial charge on any atom is 0.337 e. The quantitative estimate of drug-likeness (QED) is 0.699. The summed E-state index contributed by atoms with van der Waals surface area (Å²) in [5.74, 6) is -0.867. The monoisotopic (exact) mass is 304 g/mol. The first-order valence-corrected chi connectivity index (χ1v) is 6.52. The second-order valence-corrected chi connectivity index (χ2v) is 4.71. The van der Waals surface area contributed by atoms with Gasteiger partial charge in [-0.1, -0.05) is 23.7 Å². The average molecular weight is 305 g/mol. The molecule has 2 aromatic rings. The van der Waals surface area contributed by atoms with E-state index in [1.165, 1.54) is 7.11 Å². The number of halogens is 1. The van der Waals surface area contributed by atoms with Gasteiger partial charge in [0.15, 0.2) is 0 Å². The van der Waals surface area contributed by atoms with Crippen LogP contribution in [0.3, 0.4) is 0 Å². The standard InChI is InChI=1S/C15H13ClN2O3/c1-9-6-7-10(15(20)21-2)8-12(9)18-14(19)11-4-3-5-13(16)17-11/h3-8H,1-2H3,(H,18,19). The topological polar surface area (TPSA) is 68.3 Å². The van der Waals surface area contributed by atoms with E-state index in [1.807, 2.05) is 6.92 Å². The molecule has 6 heteroatoms. The number of methoxy groups -OCH3 is 1. The van der Waals surface area contributed by atoms with Crippen molar-refractivity contribution < 1.29 is 14.3 Å². The highest BCUT2D eigenvalue weighted by Crippen LogP contribution is 2.18. The number of aromatic nitrogens is 1. The minimum atomic E-state index is -0.466. The van der Waals surface area contributed by atoms with E-state index >= 15 is 0 Å². The first-order chi connectivity index (χ1) is 10.0. The van der Waals surface area contributed by atoms with Gasteiger partial charge in [-0.3, -0.25) is 4.79 Å². The number of hydrogen-bond donors (Lipinski definition) is 1. The molecule has 0 radical (unpaired) electrons. The highest BCUT2D eigenvalue weighted by atomic mass is 35.5. The number of rotatable bonds is 3. The van der Waals surface area contributed by atoms with Crippen molar-refractivity contribution in [1.29, 1.82) is 0 Å². The van der Waals surface area contributed by atoms with Gasteiger partial charge in [-0.2, -0.15) is 0 Å². The third-order valence-corrected chi connectivity index (χ3v) is 3.07. The molecule has 0 saturated carbocycles. The van der Waals surface area contributed by atoms with Crippen LogP contribution in [0.4, 0.5) is 5.69 Å². The number of esters is 1. The van der Waals surface area contributed by atoms with E-state index in [9.17, 15) is 9.59 Å². The number of benzene rings is 1. The molecule has 0 atom stereocenters. The maximum atomic E-state index is 12.1. The van der Waals surface area contributed by atoms with Crippen molar-refractivity contribution in [1.82, 2.24) is 4.98 Å². The molecule has 0 bridgehead atoms. The van der Waals surface area contributed by atoms with Crippen LogP contribution in [0.15, 0.2) is 36.4 Å². The maximum absolute atomic E-state index is 12.1. The smallest absolute Gasteiger partial charge is 0.337 e. The molecule has 2 rings (SSSR count). The number of carbonyl (C=O) groups excluding carboxylic acids is 2. The molecule has 1 aromatic heterocycles. The summed E-state index contributed by atoms with van der Waals surface area (Å²) in [5.41, 5.74) is 1.89. The number of ether oxygens (including phenoxy) is 1. The Morgan fingerprint density at radius 1 is 1.24 bits per heavy atom. The lowest BCUT2D eigenvalue weighted by Crippen LogP contribution is -2.15. The summed E-state index contributed by atoms with van der Waals surface area (Å²) < 4.78 is 4.66. The molecule has 21 heavy (non-hydrogen) atoms. The van der Waals surface area contributed by atoms with Gasteiger partial charge in [0, 0.05) is 5.69 Å². The molecule has 0 unspecified atom stereocenters. The number of nitrogens with zero attached hydrogens (tertiary/aromatic N) is 1. The van der Waals surface area contributed by atoms with Gasteiger partial charge in [-0.05, 0) is 36.8 Å². The van der Waals surface area contributed by atoms with Crippen LogP contribution in [0.2, 0.25) is 5.15 Å². The number of anilines is 1.